The molecule has 0 heterocycles. The molecule has 0 aliphatic rings. The van der Waals surface area contributed by atoms with Crippen LogP contribution in [0.5, 0.6) is 5.75 Å². The highest BCUT2D eigenvalue weighted by Gasteiger charge is 2.06. The van der Waals surface area contributed by atoms with E-state index in [2.05, 4.69) is 0 Å². The number of halogens is 1. The van der Waals surface area contributed by atoms with Gasteiger partial charge in [-0.15, -0.1) is 0 Å². The van der Waals surface area contributed by atoms with Crippen LogP contribution in [-0.2, 0) is 0 Å². The van der Waals surface area contributed by atoms with Crippen LogP contribution in [0.4, 0.5) is 4.39 Å². The first-order chi connectivity index (χ1) is 6.65. The summed E-state index contributed by atoms with van der Waals surface area (Å²) in [6.45, 7) is 4.34. The molecule has 2 N–H and O–H groups in total. The molecule has 14 heavy (non-hydrogen) atoms. The number of rotatable bonds is 4. The first-order valence-corrected chi connectivity index (χ1v) is 4.83. The lowest BCUT2D eigenvalue weighted by Crippen LogP contribution is -2.06. The van der Waals surface area contributed by atoms with Crippen molar-refractivity contribution < 1.29 is 9.13 Å². The first kappa shape index (κ1) is 11.0. The third kappa shape index (κ3) is 2.70. The summed E-state index contributed by atoms with van der Waals surface area (Å²) in [5.41, 5.74) is 6.41. The van der Waals surface area contributed by atoms with E-state index in [-0.39, 0.29) is 11.9 Å². The molecule has 0 radical (unpaired) electrons. The molecular weight excluding hydrogens is 181 g/mol. The predicted molar refractivity (Wildman–Crippen MR) is 54.8 cm³/mol. The van der Waals surface area contributed by atoms with Gasteiger partial charge in [0.25, 0.3) is 0 Å². The van der Waals surface area contributed by atoms with Gasteiger partial charge in [0.15, 0.2) is 11.6 Å². The van der Waals surface area contributed by atoms with Crippen molar-refractivity contribution in [2.75, 3.05) is 6.61 Å². The third-order valence-electron chi connectivity index (χ3n) is 1.94. The third-order valence-corrected chi connectivity index (χ3v) is 1.94. The Labute approximate surface area is 83.9 Å². The molecule has 1 rings (SSSR count). The molecular formula is C11H16FNO. The van der Waals surface area contributed by atoms with Gasteiger partial charge in [-0.25, -0.2) is 4.39 Å². The maximum atomic E-state index is 13.4. The Kier molecular flexibility index (Phi) is 3.89. The lowest BCUT2D eigenvalue weighted by molar-refractivity contribution is 0.301. The molecule has 1 atom stereocenters. The van der Waals surface area contributed by atoms with Gasteiger partial charge in [0.05, 0.1) is 6.61 Å². The van der Waals surface area contributed by atoms with Crippen molar-refractivity contribution >= 4 is 0 Å². The van der Waals surface area contributed by atoms with Crippen LogP contribution in [0.2, 0.25) is 0 Å². The number of ether oxygens (including phenoxy) is 1. The summed E-state index contributed by atoms with van der Waals surface area (Å²) in [6, 6.07) is 4.70. The van der Waals surface area contributed by atoms with Crippen molar-refractivity contribution in [3.8, 4) is 5.75 Å². The molecule has 1 aromatic carbocycles. The Bertz CT molecular complexity index is 299. The van der Waals surface area contributed by atoms with Crippen LogP contribution in [-0.4, -0.2) is 6.61 Å². The zero-order valence-corrected chi connectivity index (χ0v) is 8.59. The second-order valence-corrected chi connectivity index (χ2v) is 3.33. The van der Waals surface area contributed by atoms with Crippen molar-refractivity contribution in [3.05, 3.63) is 29.6 Å². The summed E-state index contributed by atoms with van der Waals surface area (Å²) >= 11 is 0. The fourth-order valence-corrected chi connectivity index (χ4v) is 1.13. The van der Waals surface area contributed by atoms with Gasteiger partial charge in [-0.05, 0) is 31.0 Å². The van der Waals surface area contributed by atoms with E-state index < -0.39 is 0 Å². The van der Waals surface area contributed by atoms with Gasteiger partial charge in [0.1, 0.15) is 0 Å². The van der Waals surface area contributed by atoms with Crippen LogP contribution in [0.1, 0.15) is 31.9 Å². The number of nitrogens with two attached hydrogens (primary N) is 1. The van der Waals surface area contributed by atoms with E-state index >= 15 is 0 Å². The molecule has 2 nitrogen and oxygen atoms in total. The zero-order chi connectivity index (χ0) is 10.6. The van der Waals surface area contributed by atoms with Crippen LogP contribution >= 0.6 is 0 Å². The van der Waals surface area contributed by atoms with E-state index in [0.717, 1.165) is 12.0 Å². The maximum absolute atomic E-state index is 13.4. The van der Waals surface area contributed by atoms with E-state index in [0.29, 0.717) is 12.4 Å². The second kappa shape index (κ2) is 4.96. The smallest absolute Gasteiger partial charge is 0.165 e. The lowest BCUT2D eigenvalue weighted by Gasteiger charge is -2.09. The highest BCUT2D eigenvalue weighted by molar-refractivity contribution is 5.30. The molecule has 0 amide bonds. The highest BCUT2D eigenvalue weighted by Crippen LogP contribution is 2.21. The lowest BCUT2D eigenvalue weighted by atomic mass is 10.1. The van der Waals surface area contributed by atoms with Crippen molar-refractivity contribution in [3.63, 3.8) is 0 Å². The van der Waals surface area contributed by atoms with Crippen LogP contribution in [0.25, 0.3) is 0 Å². The number of hydrogen-bond donors (Lipinski definition) is 1. The fraction of sp³-hybridized carbons (Fsp3) is 0.455. The Morgan fingerprint density at radius 3 is 2.71 bits per heavy atom. The van der Waals surface area contributed by atoms with E-state index in [9.17, 15) is 4.39 Å². The minimum Gasteiger partial charge on any atom is -0.491 e. The Hall–Kier alpha value is -1.09. The molecule has 0 aromatic heterocycles. The monoisotopic (exact) mass is 197 g/mol. The zero-order valence-electron chi connectivity index (χ0n) is 8.59. The molecule has 0 spiro atoms. The van der Waals surface area contributed by atoms with Crippen molar-refractivity contribution in [2.45, 2.75) is 26.3 Å². The summed E-state index contributed by atoms with van der Waals surface area (Å²) in [6.07, 6.45) is 0.870. The summed E-state index contributed by atoms with van der Waals surface area (Å²) in [5.74, 6) is -0.0375. The van der Waals surface area contributed by atoms with Crippen molar-refractivity contribution in [1.29, 1.82) is 0 Å². The van der Waals surface area contributed by atoms with Crippen LogP contribution in [0, 0.1) is 5.82 Å². The molecule has 3 heteroatoms. The molecule has 0 saturated carbocycles. The van der Waals surface area contributed by atoms with Crippen LogP contribution in [0.3, 0.4) is 0 Å². The average Bonchev–Trinajstić information content (AvgIpc) is 2.15. The molecule has 78 valence electrons. The maximum Gasteiger partial charge on any atom is 0.165 e. The molecule has 0 aliphatic carbocycles. The summed E-state index contributed by atoms with van der Waals surface area (Å²) in [4.78, 5) is 0. The minimum atomic E-state index is -0.340. The van der Waals surface area contributed by atoms with E-state index in [1.165, 1.54) is 6.07 Å². The molecule has 0 bridgehead atoms. The molecule has 0 aliphatic heterocycles. The largest absolute Gasteiger partial charge is 0.491 e. The normalized spacial score (nSPS) is 12.6. The van der Waals surface area contributed by atoms with E-state index in [1.807, 2.05) is 13.8 Å². The van der Waals surface area contributed by atoms with Crippen molar-refractivity contribution in [2.24, 2.45) is 5.73 Å². The second-order valence-electron chi connectivity index (χ2n) is 3.33. The van der Waals surface area contributed by atoms with Gasteiger partial charge in [-0.3, -0.25) is 0 Å². The van der Waals surface area contributed by atoms with Gasteiger partial charge in [-0.1, -0.05) is 13.0 Å². The first-order valence-electron chi connectivity index (χ1n) is 4.83. The number of hydrogen-bond acceptors (Lipinski definition) is 2. The quantitative estimate of drug-likeness (QED) is 0.805. The van der Waals surface area contributed by atoms with E-state index in [1.54, 1.807) is 12.1 Å². The Morgan fingerprint density at radius 2 is 2.21 bits per heavy atom. The van der Waals surface area contributed by atoms with Gasteiger partial charge in [0, 0.05) is 6.04 Å². The highest BCUT2D eigenvalue weighted by atomic mass is 19.1. The fourth-order valence-electron chi connectivity index (χ4n) is 1.13. The molecule has 0 fully saturated rings. The van der Waals surface area contributed by atoms with E-state index in [4.69, 9.17) is 10.5 Å². The molecule has 1 aromatic rings. The van der Waals surface area contributed by atoms with Gasteiger partial charge in [-0.2, -0.15) is 0 Å². The van der Waals surface area contributed by atoms with Crippen LogP contribution in [0.15, 0.2) is 18.2 Å². The van der Waals surface area contributed by atoms with Gasteiger partial charge >= 0.3 is 0 Å². The Morgan fingerprint density at radius 1 is 1.50 bits per heavy atom. The van der Waals surface area contributed by atoms with Gasteiger partial charge in [0.2, 0.25) is 0 Å². The van der Waals surface area contributed by atoms with Crippen LogP contribution < -0.4 is 10.5 Å². The minimum absolute atomic E-state index is 0.148. The SMILES string of the molecule is CCCOc1ccc(C(C)N)cc1F. The topological polar surface area (TPSA) is 35.2 Å². The van der Waals surface area contributed by atoms with Gasteiger partial charge < -0.3 is 10.5 Å². The number of benzene rings is 1. The molecule has 1 unspecified atom stereocenters. The summed E-state index contributed by atoms with van der Waals surface area (Å²) < 4.78 is 18.6. The summed E-state index contributed by atoms with van der Waals surface area (Å²) in [5, 5.41) is 0. The Balaban J connectivity index is 2.79. The molecule has 0 saturated heterocycles. The standard InChI is InChI=1S/C11H16FNO/c1-3-6-14-11-5-4-9(8(2)13)7-10(11)12/h4-5,7-8H,3,6,13H2,1-2H3. The van der Waals surface area contributed by atoms with Crippen molar-refractivity contribution in [1.82, 2.24) is 0 Å². The summed E-state index contributed by atoms with van der Waals surface area (Å²) in [7, 11) is 0. The predicted octanol–water partition coefficient (Wildman–Crippen LogP) is 2.63. The average molecular weight is 197 g/mol.